The molecule has 3 atom stereocenters. The number of hydrogen-bond donors (Lipinski definition) is 1. The van der Waals surface area contributed by atoms with Gasteiger partial charge < -0.3 is 5.32 Å². The molecule has 0 aliphatic heterocycles. The maximum atomic E-state index is 4.45. The summed E-state index contributed by atoms with van der Waals surface area (Å²) in [6.07, 6.45) is 7.26. The van der Waals surface area contributed by atoms with Crippen LogP contribution in [-0.4, -0.2) is 22.4 Å². The fraction of sp³-hybridized carbons (Fsp3) is 0.812. The van der Waals surface area contributed by atoms with Crippen molar-refractivity contribution in [3.63, 3.8) is 0 Å². The Labute approximate surface area is 116 Å². The summed E-state index contributed by atoms with van der Waals surface area (Å²) in [7, 11) is 1.98. The lowest BCUT2D eigenvalue weighted by Gasteiger charge is -2.39. The monoisotopic (exact) mass is 261 g/mol. The van der Waals surface area contributed by atoms with Crippen LogP contribution in [0.25, 0.3) is 0 Å². The molecule has 0 spiro atoms. The number of hydrogen-bond acceptors (Lipinski definition) is 2. The van der Waals surface area contributed by atoms with E-state index in [2.05, 4.69) is 37.3 Å². The normalized spacial score (nSPS) is 36.0. The third-order valence-electron chi connectivity index (χ3n) is 6.33. The van der Waals surface area contributed by atoms with Crippen molar-refractivity contribution in [2.75, 3.05) is 6.54 Å². The number of aromatic nitrogens is 2. The Morgan fingerprint density at radius 2 is 2.21 bits per heavy atom. The van der Waals surface area contributed by atoms with Crippen LogP contribution in [0, 0.1) is 16.7 Å². The summed E-state index contributed by atoms with van der Waals surface area (Å²) in [4.78, 5) is 0. The first-order chi connectivity index (χ1) is 8.93. The summed E-state index contributed by atoms with van der Waals surface area (Å²) < 4.78 is 1.89. The Morgan fingerprint density at radius 1 is 1.42 bits per heavy atom. The van der Waals surface area contributed by atoms with Gasteiger partial charge in [0, 0.05) is 32.3 Å². The molecular formula is C16H27N3. The zero-order valence-electron chi connectivity index (χ0n) is 12.7. The molecule has 3 rings (SSSR count). The zero-order valence-corrected chi connectivity index (χ0v) is 12.7. The van der Waals surface area contributed by atoms with Gasteiger partial charge in [-0.15, -0.1) is 0 Å². The first-order valence-electron chi connectivity index (χ1n) is 7.65. The molecule has 1 heterocycles. The van der Waals surface area contributed by atoms with Crippen molar-refractivity contribution in [1.82, 2.24) is 15.1 Å². The topological polar surface area (TPSA) is 29.9 Å². The summed E-state index contributed by atoms with van der Waals surface area (Å²) in [5, 5.41) is 8.26. The molecule has 0 radical (unpaired) electrons. The van der Waals surface area contributed by atoms with Gasteiger partial charge in [-0.1, -0.05) is 20.8 Å². The van der Waals surface area contributed by atoms with Crippen LogP contribution in [0.3, 0.4) is 0 Å². The van der Waals surface area contributed by atoms with Gasteiger partial charge in [0.05, 0.1) is 5.69 Å². The molecule has 2 aliphatic rings. The SMILES string of the molecule is Cn1ccc(CCNC2CC3CCC2(C)C3(C)C)n1. The van der Waals surface area contributed by atoms with E-state index in [1.54, 1.807) is 0 Å². The molecule has 1 N–H and O–H groups in total. The first-order valence-corrected chi connectivity index (χ1v) is 7.65. The minimum Gasteiger partial charge on any atom is -0.313 e. The van der Waals surface area contributed by atoms with Crippen LogP contribution in [0.4, 0.5) is 0 Å². The van der Waals surface area contributed by atoms with Crippen molar-refractivity contribution in [1.29, 1.82) is 0 Å². The summed E-state index contributed by atoms with van der Waals surface area (Å²) in [5.41, 5.74) is 2.19. The number of nitrogens with one attached hydrogen (secondary N) is 1. The van der Waals surface area contributed by atoms with Crippen LogP contribution in [0.5, 0.6) is 0 Å². The number of nitrogens with zero attached hydrogens (tertiary/aromatic N) is 2. The largest absolute Gasteiger partial charge is 0.313 e. The number of aryl methyl sites for hydroxylation is 1. The van der Waals surface area contributed by atoms with E-state index in [1.807, 2.05) is 17.9 Å². The second-order valence-electron chi connectivity index (χ2n) is 7.35. The van der Waals surface area contributed by atoms with Crippen LogP contribution < -0.4 is 5.32 Å². The molecule has 0 amide bonds. The molecule has 3 unspecified atom stereocenters. The van der Waals surface area contributed by atoms with E-state index in [0.29, 0.717) is 16.9 Å². The van der Waals surface area contributed by atoms with Crippen molar-refractivity contribution < 1.29 is 0 Å². The minimum atomic E-state index is 0.488. The van der Waals surface area contributed by atoms with E-state index < -0.39 is 0 Å². The van der Waals surface area contributed by atoms with Gasteiger partial charge in [-0.05, 0) is 42.1 Å². The Bertz CT molecular complexity index is 462. The molecule has 2 fully saturated rings. The average molecular weight is 261 g/mol. The highest BCUT2D eigenvalue weighted by Gasteiger charge is 2.60. The summed E-state index contributed by atoms with van der Waals surface area (Å²) in [6.45, 7) is 8.51. The van der Waals surface area contributed by atoms with Crippen molar-refractivity contribution in [3.8, 4) is 0 Å². The average Bonchev–Trinajstić information content (AvgIpc) is 2.90. The van der Waals surface area contributed by atoms with Gasteiger partial charge in [0.25, 0.3) is 0 Å². The molecule has 2 saturated carbocycles. The molecule has 106 valence electrons. The van der Waals surface area contributed by atoms with Gasteiger partial charge in [-0.25, -0.2) is 0 Å². The smallest absolute Gasteiger partial charge is 0.0637 e. The maximum Gasteiger partial charge on any atom is 0.0637 e. The van der Waals surface area contributed by atoms with Crippen LogP contribution in [-0.2, 0) is 13.5 Å². The van der Waals surface area contributed by atoms with E-state index in [1.165, 1.54) is 25.0 Å². The molecule has 0 aromatic carbocycles. The highest BCUT2D eigenvalue weighted by atomic mass is 15.2. The van der Waals surface area contributed by atoms with E-state index >= 15 is 0 Å². The van der Waals surface area contributed by atoms with Gasteiger partial charge >= 0.3 is 0 Å². The minimum absolute atomic E-state index is 0.488. The lowest BCUT2D eigenvalue weighted by Crippen LogP contribution is -2.45. The van der Waals surface area contributed by atoms with Crippen molar-refractivity contribution in [3.05, 3.63) is 18.0 Å². The van der Waals surface area contributed by atoms with Crippen LogP contribution >= 0.6 is 0 Å². The molecule has 19 heavy (non-hydrogen) atoms. The second-order valence-corrected chi connectivity index (χ2v) is 7.35. The molecular weight excluding hydrogens is 234 g/mol. The van der Waals surface area contributed by atoms with E-state index in [0.717, 1.165) is 18.9 Å². The van der Waals surface area contributed by atoms with Crippen LogP contribution in [0.1, 0.15) is 45.7 Å². The molecule has 2 bridgehead atoms. The molecule has 2 aliphatic carbocycles. The lowest BCUT2D eigenvalue weighted by molar-refractivity contribution is 0.121. The third-order valence-corrected chi connectivity index (χ3v) is 6.33. The Morgan fingerprint density at radius 3 is 2.74 bits per heavy atom. The fourth-order valence-corrected chi connectivity index (χ4v) is 4.48. The predicted octanol–water partition coefficient (Wildman–Crippen LogP) is 2.77. The van der Waals surface area contributed by atoms with E-state index in [9.17, 15) is 0 Å². The molecule has 0 saturated heterocycles. The predicted molar refractivity (Wildman–Crippen MR) is 77.9 cm³/mol. The van der Waals surface area contributed by atoms with Crippen molar-refractivity contribution in [2.45, 2.75) is 52.5 Å². The van der Waals surface area contributed by atoms with E-state index in [-0.39, 0.29) is 0 Å². The number of fused-ring (bicyclic) bond motifs is 2. The Kier molecular flexibility index (Phi) is 3.01. The molecule has 3 heteroatoms. The van der Waals surface area contributed by atoms with Crippen LogP contribution in [0.15, 0.2) is 12.3 Å². The molecule has 3 nitrogen and oxygen atoms in total. The maximum absolute atomic E-state index is 4.45. The summed E-state index contributed by atoms with van der Waals surface area (Å²) >= 11 is 0. The quantitative estimate of drug-likeness (QED) is 0.903. The molecule has 1 aromatic heterocycles. The van der Waals surface area contributed by atoms with Gasteiger partial charge in [0.2, 0.25) is 0 Å². The molecule has 1 aromatic rings. The van der Waals surface area contributed by atoms with Gasteiger partial charge in [-0.2, -0.15) is 5.10 Å². The summed E-state index contributed by atoms with van der Waals surface area (Å²) in [5.74, 6) is 0.921. The van der Waals surface area contributed by atoms with Gasteiger partial charge in [0.1, 0.15) is 0 Å². The van der Waals surface area contributed by atoms with E-state index in [4.69, 9.17) is 0 Å². The second kappa shape index (κ2) is 4.34. The Hall–Kier alpha value is -0.830. The summed E-state index contributed by atoms with van der Waals surface area (Å²) in [6, 6.07) is 2.82. The highest BCUT2D eigenvalue weighted by Crippen LogP contribution is 2.65. The fourth-order valence-electron chi connectivity index (χ4n) is 4.48. The lowest BCUT2D eigenvalue weighted by atomic mass is 9.69. The van der Waals surface area contributed by atoms with Crippen LogP contribution in [0.2, 0.25) is 0 Å². The first kappa shape index (κ1) is 13.2. The zero-order chi connectivity index (χ0) is 13.7. The highest BCUT2D eigenvalue weighted by molar-refractivity contribution is 5.13. The van der Waals surface area contributed by atoms with Crippen molar-refractivity contribution >= 4 is 0 Å². The van der Waals surface area contributed by atoms with Gasteiger partial charge in [0.15, 0.2) is 0 Å². The standard InChI is InChI=1S/C16H27N3/c1-15(2)12-5-8-16(15,3)14(11-12)17-9-6-13-7-10-19(4)18-13/h7,10,12,14,17H,5-6,8-9,11H2,1-4H3. The third kappa shape index (κ3) is 1.94. The Balaban J connectivity index is 1.57. The van der Waals surface area contributed by atoms with Gasteiger partial charge in [-0.3, -0.25) is 4.68 Å². The number of rotatable bonds is 4. The van der Waals surface area contributed by atoms with Crippen molar-refractivity contribution in [2.24, 2.45) is 23.8 Å².